The number of ether oxygens (including phenoxy) is 1. The molecule has 3 aromatic heterocycles. The Kier molecular flexibility index (Phi) is 7.44. The number of aromatic nitrogens is 4. The van der Waals surface area contributed by atoms with E-state index in [0.29, 0.717) is 0 Å². The molecule has 5 nitrogen and oxygen atoms in total. The highest BCUT2D eigenvalue weighted by molar-refractivity contribution is 7.99. The van der Waals surface area contributed by atoms with Gasteiger partial charge in [-0.05, 0) is 105 Å². The van der Waals surface area contributed by atoms with Crippen LogP contribution in [-0.2, 0) is 0 Å². The molecule has 7 rings (SSSR count). The molecule has 218 valence electrons. The van der Waals surface area contributed by atoms with E-state index < -0.39 is 0 Å². The average molecular weight is 613 g/mol. The van der Waals surface area contributed by atoms with Crippen LogP contribution in [0.1, 0.15) is 16.7 Å². The summed E-state index contributed by atoms with van der Waals surface area (Å²) in [5.41, 5.74) is 8.99. The summed E-state index contributed by atoms with van der Waals surface area (Å²) in [6, 6.07) is 29.6. The minimum atomic E-state index is 0.762. The lowest BCUT2D eigenvalue weighted by Gasteiger charge is -2.12. The van der Waals surface area contributed by atoms with E-state index in [1.165, 1.54) is 31.9 Å². The highest BCUT2D eigenvalue weighted by Crippen LogP contribution is 2.39. The van der Waals surface area contributed by atoms with E-state index in [1.54, 1.807) is 23.5 Å². The number of aryl methyl sites for hydroxylation is 3. The third-order valence-corrected chi connectivity index (χ3v) is 9.36. The van der Waals surface area contributed by atoms with Crippen molar-refractivity contribution < 1.29 is 4.74 Å². The van der Waals surface area contributed by atoms with Gasteiger partial charge >= 0.3 is 0 Å². The second kappa shape index (κ2) is 11.6. The fourth-order valence-electron chi connectivity index (χ4n) is 5.88. The zero-order valence-electron chi connectivity index (χ0n) is 25.3. The standard InChI is InChI=1S/C37H32N4OS2/c1-23-12-13-38-36(18-23)41-32-9-7-6-8-30(32)31-11-10-28(20-33(31)41)42-29-15-24(2)14-27(19-29)40-22-26(21-39-40)37-34(43-4)16-25(3)17-35(37)44-5/h6-22H,1-5H3. The van der Waals surface area contributed by atoms with Crippen molar-refractivity contribution >= 4 is 45.3 Å². The number of pyridine rings is 1. The number of fused-ring (bicyclic) bond motifs is 3. The van der Waals surface area contributed by atoms with E-state index in [-0.39, 0.29) is 0 Å². The number of rotatable bonds is 7. The molecule has 0 amide bonds. The highest BCUT2D eigenvalue weighted by atomic mass is 32.2. The first kappa shape index (κ1) is 28.3. The fraction of sp³-hybridized carbons (Fsp3) is 0.135. The molecule has 0 unspecified atom stereocenters. The summed E-state index contributed by atoms with van der Waals surface area (Å²) in [6.45, 7) is 6.33. The predicted molar refractivity (Wildman–Crippen MR) is 185 cm³/mol. The van der Waals surface area contributed by atoms with Crippen molar-refractivity contribution in [3.63, 3.8) is 0 Å². The Labute approximate surface area is 265 Å². The molecule has 44 heavy (non-hydrogen) atoms. The molecule has 0 saturated heterocycles. The molecule has 0 aliphatic heterocycles. The smallest absolute Gasteiger partial charge is 0.137 e. The first-order valence-electron chi connectivity index (χ1n) is 14.5. The molecule has 0 saturated carbocycles. The van der Waals surface area contributed by atoms with Crippen LogP contribution in [0.15, 0.2) is 113 Å². The summed E-state index contributed by atoms with van der Waals surface area (Å²) < 4.78 is 10.7. The molecular weight excluding hydrogens is 581 g/mol. The van der Waals surface area contributed by atoms with Crippen molar-refractivity contribution in [1.29, 1.82) is 0 Å². The number of benzene rings is 4. The quantitative estimate of drug-likeness (QED) is 0.168. The first-order chi connectivity index (χ1) is 21.4. The van der Waals surface area contributed by atoms with Crippen molar-refractivity contribution in [2.45, 2.75) is 30.6 Å². The van der Waals surface area contributed by atoms with Crippen LogP contribution in [0.25, 0.3) is 44.4 Å². The second-order valence-corrected chi connectivity index (χ2v) is 12.7. The lowest BCUT2D eigenvalue weighted by molar-refractivity contribution is 0.482. The van der Waals surface area contributed by atoms with E-state index in [1.807, 2.05) is 35.3 Å². The van der Waals surface area contributed by atoms with Crippen molar-refractivity contribution in [2.75, 3.05) is 12.5 Å². The lowest BCUT2D eigenvalue weighted by Crippen LogP contribution is -1.98. The van der Waals surface area contributed by atoms with Crippen LogP contribution in [0.4, 0.5) is 0 Å². The maximum atomic E-state index is 6.54. The lowest BCUT2D eigenvalue weighted by atomic mass is 10.1. The third kappa shape index (κ3) is 5.16. The summed E-state index contributed by atoms with van der Waals surface area (Å²) in [6.07, 6.45) is 10.2. The minimum absolute atomic E-state index is 0.762. The van der Waals surface area contributed by atoms with Gasteiger partial charge in [0.1, 0.15) is 17.3 Å². The van der Waals surface area contributed by atoms with E-state index in [9.17, 15) is 0 Å². The topological polar surface area (TPSA) is 44.9 Å². The zero-order valence-corrected chi connectivity index (χ0v) is 27.0. The molecule has 3 heterocycles. The molecular formula is C37H32N4OS2. The third-order valence-electron chi connectivity index (χ3n) is 7.83. The van der Waals surface area contributed by atoms with E-state index >= 15 is 0 Å². The van der Waals surface area contributed by atoms with Gasteiger partial charge in [-0.2, -0.15) is 5.10 Å². The number of para-hydroxylation sites is 1. The van der Waals surface area contributed by atoms with Gasteiger partial charge in [0.25, 0.3) is 0 Å². The molecule has 7 aromatic rings. The molecule has 0 aliphatic carbocycles. The zero-order chi connectivity index (χ0) is 30.4. The van der Waals surface area contributed by atoms with Crippen LogP contribution >= 0.6 is 23.5 Å². The fourth-order valence-corrected chi connectivity index (χ4v) is 7.42. The maximum Gasteiger partial charge on any atom is 0.137 e. The summed E-state index contributed by atoms with van der Waals surface area (Å²) in [7, 11) is 0. The van der Waals surface area contributed by atoms with Gasteiger partial charge in [-0.1, -0.05) is 18.2 Å². The SMILES string of the molecule is CSc1cc(C)cc(SC)c1-c1cnn(-c2cc(C)cc(Oc3ccc4c5ccccc5n(-c5cc(C)ccn5)c4c3)c2)c1. The Hall–Kier alpha value is -4.46. The summed E-state index contributed by atoms with van der Waals surface area (Å²) in [5.74, 6) is 2.42. The number of thioether (sulfide) groups is 2. The number of hydrogen-bond donors (Lipinski definition) is 0. The molecule has 0 N–H and O–H groups in total. The van der Waals surface area contributed by atoms with Gasteiger partial charge in [0, 0.05) is 56.2 Å². The molecule has 0 bridgehead atoms. The highest BCUT2D eigenvalue weighted by Gasteiger charge is 2.16. The van der Waals surface area contributed by atoms with Crippen molar-refractivity contribution in [3.8, 4) is 34.1 Å². The Morgan fingerprint density at radius 3 is 2.20 bits per heavy atom. The minimum Gasteiger partial charge on any atom is -0.457 e. The van der Waals surface area contributed by atoms with Gasteiger partial charge in [-0.3, -0.25) is 4.57 Å². The molecule has 0 atom stereocenters. The van der Waals surface area contributed by atoms with Gasteiger partial charge in [-0.25, -0.2) is 9.67 Å². The van der Waals surface area contributed by atoms with Crippen molar-refractivity contribution in [2.24, 2.45) is 0 Å². The van der Waals surface area contributed by atoms with Gasteiger partial charge in [0.05, 0.1) is 22.9 Å². The van der Waals surface area contributed by atoms with Crippen LogP contribution in [0.3, 0.4) is 0 Å². The van der Waals surface area contributed by atoms with Crippen molar-refractivity contribution in [1.82, 2.24) is 19.3 Å². The largest absolute Gasteiger partial charge is 0.457 e. The maximum absolute atomic E-state index is 6.54. The van der Waals surface area contributed by atoms with Crippen LogP contribution in [0.5, 0.6) is 11.5 Å². The summed E-state index contributed by atoms with van der Waals surface area (Å²) >= 11 is 3.54. The molecule has 0 fully saturated rings. The van der Waals surface area contributed by atoms with Crippen LogP contribution in [-0.4, -0.2) is 31.8 Å². The molecule has 7 heteroatoms. The second-order valence-electron chi connectivity index (χ2n) is 11.0. The Morgan fingerprint density at radius 1 is 0.682 bits per heavy atom. The summed E-state index contributed by atoms with van der Waals surface area (Å²) in [5, 5.41) is 7.13. The monoisotopic (exact) mass is 612 g/mol. The molecule has 0 radical (unpaired) electrons. The molecule has 4 aromatic carbocycles. The van der Waals surface area contributed by atoms with Crippen molar-refractivity contribution in [3.05, 3.63) is 120 Å². The Balaban J connectivity index is 1.27. The van der Waals surface area contributed by atoms with Crippen LogP contribution in [0.2, 0.25) is 0 Å². The summed E-state index contributed by atoms with van der Waals surface area (Å²) in [4.78, 5) is 7.23. The Bertz CT molecular complexity index is 2150. The van der Waals surface area contributed by atoms with Crippen LogP contribution < -0.4 is 4.74 Å². The first-order valence-corrected chi connectivity index (χ1v) is 16.9. The predicted octanol–water partition coefficient (Wildman–Crippen LogP) is 10.2. The average Bonchev–Trinajstić information content (AvgIpc) is 3.63. The van der Waals surface area contributed by atoms with Crippen LogP contribution in [0, 0.1) is 20.8 Å². The normalized spacial score (nSPS) is 11.5. The van der Waals surface area contributed by atoms with E-state index in [0.717, 1.165) is 50.6 Å². The molecule has 0 aliphatic rings. The van der Waals surface area contributed by atoms with E-state index in [2.05, 4.69) is 111 Å². The van der Waals surface area contributed by atoms with Gasteiger partial charge in [-0.15, -0.1) is 23.5 Å². The molecule has 0 spiro atoms. The van der Waals surface area contributed by atoms with Gasteiger partial charge in [0.2, 0.25) is 0 Å². The van der Waals surface area contributed by atoms with Gasteiger partial charge in [0.15, 0.2) is 0 Å². The number of nitrogens with zero attached hydrogens (tertiary/aromatic N) is 4. The van der Waals surface area contributed by atoms with E-state index in [4.69, 9.17) is 14.8 Å². The van der Waals surface area contributed by atoms with Gasteiger partial charge < -0.3 is 4.74 Å². The Morgan fingerprint density at radius 2 is 1.43 bits per heavy atom. The number of hydrogen-bond acceptors (Lipinski definition) is 5.